The van der Waals surface area contributed by atoms with Gasteiger partial charge in [0.05, 0.1) is 22.7 Å². The van der Waals surface area contributed by atoms with Crippen molar-refractivity contribution in [3.8, 4) is 0 Å². The van der Waals surface area contributed by atoms with E-state index in [1.54, 1.807) is 11.3 Å². The van der Waals surface area contributed by atoms with Gasteiger partial charge in [0.15, 0.2) is 0 Å². The number of thiazole rings is 1. The van der Waals surface area contributed by atoms with Crippen molar-refractivity contribution in [1.29, 1.82) is 0 Å². The third kappa shape index (κ3) is 3.41. The highest BCUT2D eigenvalue weighted by molar-refractivity contribution is 7.18. The molecule has 1 aliphatic rings. The summed E-state index contributed by atoms with van der Waals surface area (Å²) in [4.78, 5) is 19.0. The highest BCUT2D eigenvalue weighted by atomic mass is 32.1. The lowest BCUT2D eigenvalue weighted by Gasteiger charge is -2.31. The molecule has 2 heterocycles. The number of carbonyl (C=O) groups excluding carboxylic acids is 1. The first-order valence-corrected chi connectivity index (χ1v) is 8.42. The number of fused-ring (bicyclic) bond motifs is 1. The summed E-state index contributed by atoms with van der Waals surface area (Å²) < 4.78 is 1.24. The number of amides is 1. The molecule has 1 amide bonds. The highest BCUT2D eigenvalue weighted by Gasteiger charge is 2.25. The molecule has 4 nitrogen and oxygen atoms in total. The zero-order chi connectivity index (χ0) is 14.7. The van der Waals surface area contributed by atoms with Crippen LogP contribution in [0.3, 0.4) is 0 Å². The van der Waals surface area contributed by atoms with E-state index in [9.17, 15) is 4.79 Å². The number of para-hydroxylation sites is 1. The molecule has 1 aromatic carbocycles. The molecule has 2 aromatic rings. The van der Waals surface area contributed by atoms with Gasteiger partial charge in [-0.05, 0) is 38.4 Å². The molecule has 0 unspecified atom stereocenters. The Morgan fingerprint density at radius 1 is 1.48 bits per heavy atom. The molecule has 1 aliphatic heterocycles. The van der Waals surface area contributed by atoms with Crippen molar-refractivity contribution in [1.82, 2.24) is 15.2 Å². The standard InChI is InChI=1S/C16H21N3OS/c1-2-17-16(20)12-6-5-9-19(10-12)11-15-18-13-7-3-4-8-14(13)21-15/h3-4,7-8,12H,2,5-6,9-11H2,1H3,(H,17,20)/t12-/m1/s1. The SMILES string of the molecule is CCNC(=O)[C@@H]1CCCN(Cc2nc3ccccc3s2)C1. The van der Waals surface area contributed by atoms with Crippen LogP contribution in [0.2, 0.25) is 0 Å². The van der Waals surface area contributed by atoms with Crippen LogP contribution in [0.1, 0.15) is 24.8 Å². The van der Waals surface area contributed by atoms with Crippen LogP contribution in [0.15, 0.2) is 24.3 Å². The van der Waals surface area contributed by atoms with Gasteiger partial charge in [-0.15, -0.1) is 11.3 Å². The summed E-state index contributed by atoms with van der Waals surface area (Å²) in [5, 5.41) is 4.09. The number of likely N-dealkylation sites (tertiary alicyclic amines) is 1. The van der Waals surface area contributed by atoms with E-state index in [-0.39, 0.29) is 11.8 Å². The van der Waals surface area contributed by atoms with Crippen molar-refractivity contribution in [3.05, 3.63) is 29.3 Å². The molecule has 0 aliphatic carbocycles. The molecule has 1 fully saturated rings. The maximum absolute atomic E-state index is 12.0. The number of hydrogen-bond acceptors (Lipinski definition) is 4. The minimum atomic E-state index is 0.132. The van der Waals surface area contributed by atoms with E-state index < -0.39 is 0 Å². The monoisotopic (exact) mass is 303 g/mol. The van der Waals surface area contributed by atoms with Crippen LogP contribution < -0.4 is 5.32 Å². The second kappa shape index (κ2) is 6.54. The molecule has 1 atom stereocenters. The van der Waals surface area contributed by atoms with Gasteiger partial charge in [-0.25, -0.2) is 4.98 Å². The zero-order valence-electron chi connectivity index (χ0n) is 12.3. The minimum Gasteiger partial charge on any atom is -0.356 e. The van der Waals surface area contributed by atoms with E-state index in [1.165, 1.54) is 4.70 Å². The summed E-state index contributed by atoms with van der Waals surface area (Å²) in [5.74, 6) is 0.333. The van der Waals surface area contributed by atoms with Crippen LogP contribution in [0.5, 0.6) is 0 Å². The summed E-state index contributed by atoms with van der Waals surface area (Å²) in [7, 11) is 0. The Balaban J connectivity index is 1.65. The Kier molecular flexibility index (Phi) is 4.51. The predicted octanol–water partition coefficient (Wildman–Crippen LogP) is 2.64. The number of aromatic nitrogens is 1. The first-order chi connectivity index (χ1) is 10.3. The number of nitrogens with zero attached hydrogens (tertiary/aromatic N) is 2. The number of nitrogens with one attached hydrogen (secondary N) is 1. The fourth-order valence-electron chi connectivity index (χ4n) is 2.91. The zero-order valence-corrected chi connectivity index (χ0v) is 13.2. The van der Waals surface area contributed by atoms with Gasteiger partial charge in [-0.1, -0.05) is 12.1 Å². The third-order valence-corrected chi connectivity index (χ3v) is 4.95. The molecule has 1 N–H and O–H groups in total. The molecule has 0 radical (unpaired) electrons. The van der Waals surface area contributed by atoms with Crippen molar-refractivity contribution in [2.75, 3.05) is 19.6 Å². The van der Waals surface area contributed by atoms with Crippen molar-refractivity contribution in [3.63, 3.8) is 0 Å². The maximum atomic E-state index is 12.0. The molecule has 21 heavy (non-hydrogen) atoms. The Bertz CT molecular complexity index is 592. The van der Waals surface area contributed by atoms with Crippen LogP contribution >= 0.6 is 11.3 Å². The van der Waals surface area contributed by atoms with E-state index >= 15 is 0 Å². The lowest BCUT2D eigenvalue weighted by Crippen LogP contribution is -2.42. The topological polar surface area (TPSA) is 45.2 Å². The van der Waals surface area contributed by atoms with E-state index in [0.29, 0.717) is 6.54 Å². The van der Waals surface area contributed by atoms with Gasteiger partial charge in [0.25, 0.3) is 0 Å². The minimum absolute atomic E-state index is 0.132. The lowest BCUT2D eigenvalue weighted by atomic mass is 9.97. The quantitative estimate of drug-likeness (QED) is 0.944. The second-order valence-electron chi connectivity index (χ2n) is 5.54. The van der Waals surface area contributed by atoms with Gasteiger partial charge in [-0.2, -0.15) is 0 Å². The fraction of sp³-hybridized carbons (Fsp3) is 0.500. The molecule has 3 rings (SSSR count). The largest absolute Gasteiger partial charge is 0.356 e. The van der Waals surface area contributed by atoms with Crippen LogP contribution in [0.25, 0.3) is 10.2 Å². The Hall–Kier alpha value is -1.46. The fourth-order valence-corrected chi connectivity index (χ4v) is 3.92. The molecule has 0 saturated carbocycles. The maximum Gasteiger partial charge on any atom is 0.224 e. The molecule has 0 spiro atoms. The van der Waals surface area contributed by atoms with Crippen LogP contribution in [0, 0.1) is 5.92 Å². The average Bonchev–Trinajstić information content (AvgIpc) is 2.90. The highest BCUT2D eigenvalue weighted by Crippen LogP contribution is 2.24. The molecule has 0 bridgehead atoms. The first-order valence-electron chi connectivity index (χ1n) is 7.61. The van der Waals surface area contributed by atoms with E-state index in [2.05, 4.69) is 33.4 Å². The van der Waals surface area contributed by atoms with Gasteiger partial charge in [0, 0.05) is 13.1 Å². The van der Waals surface area contributed by atoms with Crippen molar-refractivity contribution < 1.29 is 4.79 Å². The Labute approximate surface area is 129 Å². The molecular formula is C16H21N3OS. The number of carbonyl (C=O) groups is 1. The van der Waals surface area contributed by atoms with E-state index in [1.807, 2.05) is 13.0 Å². The normalized spacial score (nSPS) is 19.8. The van der Waals surface area contributed by atoms with Crippen molar-refractivity contribution >= 4 is 27.5 Å². The van der Waals surface area contributed by atoms with Crippen molar-refractivity contribution in [2.45, 2.75) is 26.3 Å². The summed E-state index contributed by atoms with van der Waals surface area (Å²) in [6.45, 7) is 5.45. The summed E-state index contributed by atoms with van der Waals surface area (Å²) >= 11 is 1.76. The number of piperidine rings is 1. The second-order valence-corrected chi connectivity index (χ2v) is 6.66. The summed E-state index contributed by atoms with van der Waals surface area (Å²) in [5.41, 5.74) is 1.08. The predicted molar refractivity (Wildman–Crippen MR) is 86.3 cm³/mol. The molecule has 112 valence electrons. The van der Waals surface area contributed by atoms with Gasteiger partial charge >= 0.3 is 0 Å². The third-order valence-electron chi connectivity index (χ3n) is 3.92. The molecule has 1 aromatic heterocycles. The van der Waals surface area contributed by atoms with E-state index in [0.717, 1.165) is 43.0 Å². The van der Waals surface area contributed by atoms with Gasteiger partial charge < -0.3 is 5.32 Å². The average molecular weight is 303 g/mol. The molecule has 5 heteroatoms. The number of benzene rings is 1. The Morgan fingerprint density at radius 3 is 3.14 bits per heavy atom. The smallest absolute Gasteiger partial charge is 0.224 e. The summed E-state index contributed by atoms with van der Waals surface area (Å²) in [6.07, 6.45) is 2.09. The van der Waals surface area contributed by atoms with Gasteiger partial charge in [0.2, 0.25) is 5.91 Å². The van der Waals surface area contributed by atoms with Crippen LogP contribution in [0.4, 0.5) is 0 Å². The molecule has 1 saturated heterocycles. The lowest BCUT2D eigenvalue weighted by molar-refractivity contribution is -0.126. The summed E-state index contributed by atoms with van der Waals surface area (Å²) in [6, 6.07) is 8.25. The number of rotatable bonds is 4. The van der Waals surface area contributed by atoms with Gasteiger partial charge in [0.1, 0.15) is 5.01 Å². The van der Waals surface area contributed by atoms with Crippen molar-refractivity contribution in [2.24, 2.45) is 5.92 Å². The van der Waals surface area contributed by atoms with Crippen LogP contribution in [-0.4, -0.2) is 35.4 Å². The molecular weight excluding hydrogens is 282 g/mol. The first kappa shape index (κ1) is 14.5. The van der Waals surface area contributed by atoms with E-state index in [4.69, 9.17) is 0 Å². The van der Waals surface area contributed by atoms with Gasteiger partial charge in [-0.3, -0.25) is 9.69 Å². The number of hydrogen-bond donors (Lipinski definition) is 1. The van der Waals surface area contributed by atoms with Crippen LogP contribution in [-0.2, 0) is 11.3 Å². The Morgan fingerprint density at radius 2 is 2.33 bits per heavy atom.